The smallest absolute Gasteiger partial charge is 0.271 e. The van der Waals surface area contributed by atoms with Crippen LogP contribution in [-0.4, -0.2) is 47.5 Å². The number of hydrogen-bond donors (Lipinski definition) is 2. The standard InChI is InChI=1S/C20H20N4O5/c1-11-17(29-15-7-5-4-6-14(15)28-11)19(25)22-20-21-18(23-24-20)13-9-8-12(26-2)10-16(13)27-3/h4-11,17H,1-3H3,(H2,21,22,23,24,25). The summed E-state index contributed by atoms with van der Waals surface area (Å²) >= 11 is 0. The molecule has 1 aliphatic heterocycles. The Morgan fingerprint density at radius 3 is 2.59 bits per heavy atom. The van der Waals surface area contributed by atoms with E-state index in [1.807, 2.05) is 12.1 Å². The number of H-pyrrole nitrogens is 1. The Labute approximate surface area is 167 Å². The van der Waals surface area contributed by atoms with Crippen LogP contribution in [0, 0.1) is 0 Å². The minimum absolute atomic E-state index is 0.123. The van der Waals surface area contributed by atoms with E-state index < -0.39 is 18.1 Å². The molecule has 150 valence electrons. The van der Waals surface area contributed by atoms with Crippen LogP contribution in [-0.2, 0) is 4.79 Å². The molecule has 29 heavy (non-hydrogen) atoms. The number of hydrogen-bond acceptors (Lipinski definition) is 7. The van der Waals surface area contributed by atoms with Gasteiger partial charge < -0.3 is 18.9 Å². The monoisotopic (exact) mass is 396 g/mol. The zero-order chi connectivity index (χ0) is 20.4. The van der Waals surface area contributed by atoms with Crippen LogP contribution in [0.5, 0.6) is 23.0 Å². The Kier molecular flexibility index (Phi) is 4.94. The average molecular weight is 396 g/mol. The van der Waals surface area contributed by atoms with Gasteiger partial charge in [0.15, 0.2) is 17.3 Å². The number of nitrogens with zero attached hydrogens (tertiary/aromatic N) is 2. The minimum atomic E-state index is -0.831. The second-order valence-corrected chi connectivity index (χ2v) is 6.37. The highest BCUT2D eigenvalue weighted by Crippen LogP contribution is 2.34. The second-order valence-electron chi connectivity index (χ2n) is 6.37. The van der Waals surface area contributed by atoms with Gasteiger partial charge in [-0.15, -0.1) is 5.10 Å². The largest absolute Gasteiger partial charge is 0.497 e. The molecule has 1 aromatic heterocycles. The first-order valence-corrected chi connectivity index (χ1v) is 8.97. The fraction of sp³-hybridized carbons (Fsp3) is 0.250. The van der Waals surface area contributed by atoms with Crippen LogP contribution in [0.3, 0.4) is 0 Å². The highest BCUT2D eigenvalue weighted by Gasteiger charge is 2.34. The first-order valence-electron chi connectivity index (χ1n) is 8.97. The summed E-state index contributed by atoms with van der Waals surface area (Å²) in [5.41, 5.74) is 0.681. The quantitative estimate of drug-likeness (QED) is 0.683. The third kappa shape index (κ3) is 3.66. The number of methoxy groups -OCH3 is 2. The normalized spacial score (nSPS) is 17.5. The number of para-hydroxylation sites is 2. The summed E-state index contributed by atoms with van der Waals surface area (Å²) in [6, 6.07) is 12.5. The number of aromatic amines is 1. The number of anilines is 1. The van der Waals surface area contributed by atoms with Gasteiger partial charge in [0.1, 0.15) is 17.6 Å². The van der Waals surface area contributed by atoms with Crippen LogP contribution in [0.25, 0.3) is 11.4 Å². The zero-order valence-electron chi connectivity index (χ0n) is 16.1. The van der Waals surface area contributed by atoms with Gasteiger partial charge in [0.2, 0.25) is 12.1 Å². The van der Waals surface area contributed by atoms with Gasteiger partial charge in [0.25, 0.3) is 5.91 Å². The SMILES string of the molecule is COc1ccc(-c2nc(NC(=O)C3Oc4ccccc4OC3C)n[nH]2)c(OC)c1. The van der Waals surface area contributed by atoms with Gasteiger partial charge in [-0.1, -0.05) is 12.1 Å². The topological polar surface area (TPSA) is 108 Å². The van der Waals surface area contributed by atoms with Crippen molar-refractivity contribution < 1.29 is 23.7 Å². The van der Waals surface area contributed by atoms with E-state index in [0.29, 0.717) is 34.4 Å². The third-order valence-electron chi connectivity index (χ3n) is 4.48. The van der Waals surface area contributed by atoms with Crippen molar-refractivity contribution in [1.82, 2.24) is 15.2 Å². The zero-order valence-corrected chi connectivity index (χ0v) is 16.1. The van der Waals surface area contributed by atoms with Gasteiger partial charge in [-0.2, -0.15) is 4.98 Å². The van der Waals surface area contributed by atoms with Gasteiger partial charge in [-0.3, -0.25) is 15.2 Å². The van der Waals surface area contributed by atoms with Crippen LogP contribution in [0.4, 0.5) is 5.95 Å². The maximum absolute atomic E-state index is 12.7. The van der Waals surface area contributed by atoms with E-state index in [9.17, 15) is 4.79 Å². The number of ether oxygens (including phenoxy) is 4. The van der Waals surface area contributed by atoms with Crippen LogP contribution >= 0.6 is 0 Å². The van der Waals surface area contributed by atoms with Crippen molar-refractivity contribution in [3.8, 4) is 34.4 Å². The number of carbonyl (C=O) groups excluding carboxylic acids is 1. The summed E-state index contributed by atoms with van der Waals surface area (Å²) in [4.78, 5) is 17.0. The molecular weight excluding hydrogens is 376 g/mol. The van der Waals surface area contributed by atoms with Gasteiger partial charge in [-0.05, 0) is 31.2 Å². The molecule has 2 N–H and O–H groups in total. The fourth-order valence-electron chi connectivity index (χ4n) is 3.02. The van der Waals surface area contributed by atoms with Gasteiger partial charge in [0, 0.05) is 6.07 Å². The molecule has 0 fully saturated rings. The molecule has 2 atom stereocenters. The molecule has 2 aromatic carbocycles. The summed E-state index contributed by atoms with van der Waals surface area (Å²) in [7, 11) is 3.13. The third-order valence-corrected chi connectivity index (χ3v) is 4.48. The molecule has 0 saturated heterocycles. The van der Waals surface area contributed by atoms with E-state index in [0.717, 1.165) is 0 Å². The molecule has 3 aromatic rings. The summed E-state index contributed by atoms with van der Waals surface area (Å²) in [5, 5.41) is 9.52. The summed E-state index contributed by atoms with van der Waals surface area (Å²) in [6.07, 6.45) is -1.30. The second kappa shape index (κ2) is 7.70. The Morgan fingerprint density at radius 1 is 1.10 bits per heavy atom. The first-order chi connectivity index (χ1) is 14.1. The summed E-state index contributed by atoms with van der Waals surface area (Å²) < 4.78 is 22.1. The van der Waals surface area contributed by atoms with Crippen molar-refractivity contribution in [1.29, 1.82) is 0 Å². The number of nitrogens with one attached hydrogen (secondary N) is 2. The lowest BCUT2D eigenvalue weighted by atomic mass is 10.1. The summed E-state index contributed by atoms with van der Waals surface area (Å²) in [6.45, 7) is 1.77. The Hall–Kier alpha value is -3.75. The highest BCUT2D eigenvalue weighted by atomic mass is 16.6. The molecular formula is C20H20N4O5. The Morgan fingerprint density at radius 2 is 1.86 bits per heavy atom. The van der Waals surface area contributed by atoms with Crippen molar-refractivity contribution in [2.24, 2.45) is 0 Å². The van der Waals surface area contributed by atoms with Gasteiger partial charge >= 0.3 is 0 Å². The minimum Gasteiger partial charge on any atom is -0.497 e. The molecule has 0 spiro atoms. The number of rotatable bonds is 5. The molecule has 0 bridgehead atoms. The molecule has 1 aliphatic rings. The maximum Gasteiger partial charge on any atom is 0.271 e. The molecule has 2 heterocycles. The van der Waals surface area contributed by atoms with E-state index in [-0.39, 0.29) is 5.95 Å². The molecule has 4 rings (SSSR count). The Balaban J connectivity index is 1.50. The lowest BCUT2D eigenvalue weighted by Gasteiger charge is -2.30. The Bertz CT molecular complexity index is 1040. The summed E-state index contributed by atoms with van der Waals surface area (Å²) in [5.74, 6) is 2.51. The van der Waals surface area contributed by atoms with E-state index in [1.54, 1.807) is 51.5 Å². The van der Waals surface area contributed by atoms with Crippen LogP contribution < -0.4 is 24.3 Å². The fourth-order valence-corrected chi connectivity index (χ4v) is 3.02. The predicted molar refractivity (Wildman–Crippen MR) is 105 cm³/mol. The molecule has 0 radical (unpaired) electrons. The van der Waals surface area contributed by atoms with Crippen LogP contribution in [0.1, 0.15) is 6.92 Å². The maximum atomic E-state index is 12.7. The predicted octanol–water partition coefficient (Wildman–Crippen LogP) is 2.66. The molecule has 9 heteroatoms. The van der Waals surface area contributed by atoms with Gasteiger partial charge in [0.05, 0.1) is 19.8 Å². The average Bonchev–Trinajstić information content (AvgIpc) is 3.20. The molecule has 1 amide bonds. The number of fused-ring (bicyclic) bond motifs is 1. The molecule has 0 saturated carbocycles. The van der Waals surface area contributed by atoms with E-state index in [4.69, 9.17) is 18.9 Å². The van der Waals surface area contributed by atoms with Crippen LogP contribution in [0.15, 0.2) is 42.5 Å². The number of carbonyl (C=O) groups is 1. The molecule has 2 unspecified atom stereocenters. The lowest BCUT2D eigenvalue weighted by Crippen LogP contribution is -2.46. The number of benzene rings is 2. The lowest BCUT2D eigenvalue weighted by molar-refractivity contribution is -0.128. The van der Waals surface area contributed by atoms with Crippen molar-refractivity contribution in [3.63, 3.8) is 0 Å². The highest BCUT2D eigenvalue weighted by molar-refractivity contribution is 5.93. The first kappa shape index (κ1) is 18.6. The van der Waals surface area contributed by atoms with Crippen molar-refractivity contribution >= 4 is 11.9 Å². The van der Waals surface area contributed by atoms with Crippen molar-refractivity contribution in [2.75, 3.05) is 19.5 Å². The van der Waals surface area contributed by atoms with Crippen molar-refractivity contribution in [3.05, 3.63) is 42.5 Å². The number of aromatic nitrogens is 3. The van der Waals surface area contributed by atoms with E-state index in [2.05, 4.69) is 20.5 Å². The number of amides is 1. The van der Waals surface area contributed by atoms with E-state index >= 15 is 0 Å². The van der Waals surface area contributed by atoms with Crippen molar-refractivity contribution in [2.45, 2.75) is 19.1 Å². The van der Waals surface area contributed by atoms with Crippen LogP contribution in [0.2, 0.25) is 0 Å². The molecule has 0 aliphatic carbocycles. The van der Waals surface area contributed by atoms with E-state index in [1.165, 1.54) is 0 Å². The molecule has 9 nitrogen and oxygen atoms in total. The van der Waals surface area contributed by atoms with Gasteiger partial charge in [-0.25, -0.2) is 0 Å².